The van der Waals surface area contributed by atoms with E-state index in [-0.39, 0.29) is 33.5 Å². The fourth-order valence-electron chi connectivity index (χ4n) is 4.19. The largest absolute Gasteiger partial charge is 0.296 e. The molecule has 0 fully saturated rings. The molecule has 22 heteroatoms. The van der Waals surface area contributed by atoms with Gasteiger partial charge in [-0.15, -0.1) is 0 Å². The van der Waals surface area contributed by atoms with Crippen LogP contribution in [0.3, 0.4) is 0 Å². The Kier molecular flexibility index (Phi) is 10.2. The molecule has 5 rings (SSSR count). The Balaban J connectivity index is 1.45. The molecular weight excluding hydrogens is 708 g/mol. The highest BCUT2D eigenvalue weighted by Crippen LogP contribution is 2.25. The van der Waals surface area contributed by atoms with E-state index < -0.39 is 63.0 Å². The zero-order chi connectivity index (χ0) is 37.6. The molecule has 0 radical (unpaired) electrons. The number of non-ortho nitro benzene ring substituents is 2. The van der Waals surface area contributed by atoms with Gasteiger partial charge in [-0.3, -0.25) is 65.7 Å². The van der Waals surface area contributed by atoms with Gasteiger partial charge in [0, 0.05) is 24.3 Å². The summed E-state index contributed by atoms with van der Waals surface area (Å²) >= 11 is 0. The molecule has 262 valence electrons. The second-order valence-corrected chi connectivity index (χ2v) is 11.6. The second-order valence-electron chi connectivity index (χ2n) is 10.2. The van der Waals surface area contributed by atoms with Gasteiger partial charge in [-0.05, 0) is 66.7 Å². The summed E-state index contributed by atoms with van der Waals surface area (Å²) in [5, 5.41) is 35.1. The molecule has 0 aliphatic carbocycles. The van der Waals surface area contributed by atoms with Crippen LogP contribution in [0.5, 0.6) is 0 Å². The van der Waals surface area contributed by atoms with Crippen LogP contribution in [-0.4, -0.2) is 22.8 Å². The number of nitrogens with one attached hydrogen (secondary N) is 4. The van der Waals surface area contributed by atoms with E-state index in [2.05, 4.69) is 42.1 Å². The van der Waals surface area contributed by atoms with Crippen molar-refractivity contribution in [1.29, 1.82) is 0 Å². The summed E-state index contributed by atoms with van der Waals surface area (Å²) in [6.07, 6.45) is 0. The number of benzene rings is 5. The average Bonchev–Trinajstić information content (AvgIpc) is 3.10. The second kappa shape index (κ2) is 14.9. The predicted octanol–water partition coefficient (Wildman–Crippen LogP) is -0.347. The summed E-state index contributed by atoms with van der Waals surface area (Å²) in [5.41, 5.74) is 5.79. The van der Waals surface area contributed by atoms with Crippen molar-refractivity contribution in [2.24, 2.45) is 20.4 Å². The molecule has 0 atom stereocenters. The smallest absolute Gasteiger partial charge is 0.287 e. The third kappa shape index (κ3) is 8.33. The van der Waals surface area contributed by atoms with Gasteiger partial charge in [0.25, 0.3) is 21.5 Å². The van der Waals surface area contributed by atoms with Crippen molar-refractivity contribution < 1.29 is 22.8 Å². The zero-order valence-electron chi connectivity index (χ0n) is 25.8. The summed E-state index contributed by atoms with van der Waals surface area (Å²) < 4.78 is 33.9. The van der Waals surface area contributed by atoms with Crippen molar-refractivity contribution in [1.82, 2.24) is 0 Å². The van der Waals surface area contributed by atoms with E-state index >= 15 is 0 Å². The number of hydrogen-bond donors (Lipinski definition) is 5. The third-order valence-electron chi connectivity index (χ3n) is 6.76. The molecular formula is C30H20N10O11S. The minimum absolute atomic E-state index is 0.0593. The molecule has 5 aromatic carbocycles. The normalized spacial score (nSPS) is 12.8. The van der Waals surface area contributed by atoms with E-state index in [1.165, 1.54) is 48.5 Å². The van der Waals surface area contributed by atoms with Crippen LogP contribution in [0, 0.1) is 20.2 Å². The number of nitro benzene ring substituents is 2. The first kappa shape index (κ1) is 35.7. The first-order valence-corrected chi connectivity index (χ1v) is 15.6. The van der Waals surface area contributed by atoms with Crippen molar-refractivity contribution in [2.75, 3.05) is 21.7 Å². The molecule has 0 aliphatic heterocycles. The minimum Gasteiger partial charge on any atom is -0.287 e. The highest BCUT2D eigenvalue weighted by Gasteiger charge is 2.16. The molecule has 0 aromatic heterocycles. The topological polar surface area (TPSA) is 306 Å². The van der Waals surface area contributed by atoms with Gasteiger partial charge in [0.1, 0.15) is 15.6 Å². The number of rotatable bonds is 11. The van der Waals surface area contributed by atoms with Crippen molar-refractivity contribution in [3.05, 3.63) is 174 Å². The Bertz CT molecular complexity index is 2810. The maximum Gasteiger partial charge on any atom is 0.296 e. The standard InChI is InChI=1S/C30H20N10O11S/c41-24-12-10-21(34-31-16-1-6-19(7-2-16)39(45)46)29(43)27(24)37-33-18-5-14-26(52(49,50)51)23(15-18)36-38-28-25(42)13-11-22(30(28)44)35-32-17-3-8-20(9-4-17)40(47)48/h1-15,31-33,36H,(H,49,50,51). The predicted molar refractivity (Wildman–Crippen MR) is 182 cm³/mol. The Hall–Kier alpha value is -7.59. The lowest BCUT2D eigenvalue weighted by molar-refractivity contribution is -0.385. The van der Waals surface area contributed by atoms with E-state index in [0.717, 1.165) is 42.5 Å². The van der Waals surface area contributed by atoms with Gasteiger partial charge >= 0.3 is 0 Å². The highest BCUT2D eigenvalue weighted by molar-refractivity contribution is 7.86. The monoisotopic (exact) mass is 728 g/mol. The SMILES string of the molecule is O=c1ccc(=NNc2ccc([N+](=O)[O-])cc2)c(=O)c1=NNc1ccc(S(=O)(=O)O)c(NN=c2c(=O)ccc(=NNc3ccc([N+](=O)[O-])cc3)c2=O)c1. The van der Waals surface area contributed by atoms with Crippen LogP contribution in [0.25, 0.3) is 0 Å². The van der Waals surface area contributed by atoms with Gasteiger partial charge in [0.15, 0.2) is 10.7 Å². The molecule has 0 unspecified atom stereocenters. The van der Waals surface area contributed by atoms with Gasteiger partial charge < -0.3 is 0 Å². The average molecular weight is 729 g/mol. The van der Waals surface area contributed by atoms with Gasteiger partial charge in [-0.1, -0.05) is 0 Å². The first-order chi connectivity index (χ1) is 24.7. The third-order valence-corrected chi connectivity index (χ3v) is 7.67. The number of nitro groups is 2. The molecule has 52 heavy (non-hydrogen) atoms. The lowest BCUT2D eigenvalue weighted by atomic mass is 10.3. The van der Waals surface area contributed by atoms with Gasteiger partial charge in [-0.2, -0.15) is 28.8 Å². The van der Waals surface area contributed by atoms with E-state index in [0.29, 0.717) is 5.69 Å². The Morgan fingerprint density at radius 1 is 0.538 bits per heavy atom. The maximum atomic E-state index is 13.0. The molecule has 0 spiro atoms. The Labute approximate surface area is 287 Å². The summed E-state index contributed by atoms with van der Waals surface area (Å²) in [5.74, 6) is 0. The number of anilines is 4. The number of nitrogens with zero attached hydrogens (tertiary/aromatic N) is 6. The lowest BCUT2D eigenvalue weighted by Crippen LogP contribution is -2.48. The molecule has 21 nitrogen and oxygen atoms in total. The molecule has 0 heterocycles. The first-order valence-electron chi connectivity index (χ1n) is 14.2. The summed E-state index contributed by atoms with van der Waals surface area (Å²) in [4.78, 5) is 70.7. The summed E-state index contributed by atoms with van der Waals surface area (Å²) in [6.45, 7) is 0. The molecule has 5 aromatic rings. The van der Waals surface area contributed by atoms with Crippen LogP contribution in [-0.2, 0) is 10.1 Å². The molecule has 0 saturated carbocycles. The fourth-order valence-corrected chi connectivity index (χ4v) is 4.81. The highest BCUT2D eigenvalue weighted by atomic mass is 32.2. The van der Waals surface area contributed by atoms with Crippen molar-refractivity contribution in [3.8, 4) is 0 Å². The maximum absolute atomic E-state index is 13.0. The van der Waals surface area contributed by atoms with E-state index in [4.69, 9.17) is 0 Å². The number of hydrogen-bond acceptors (Lipinski definition) is 18. The van der Waals surface area contributed by atoms with Crippen LogP contribution < -0.4 is 64.8 Å². The van der Waals surface area contributed by atoms with Gasteiger partial charge in [0.2, 0.25) is 21.7 Å². The van der Waals surface area contributed by atoms with Crippen LogP contribution in [0.2, 0.25) is 0 Å². The van der Waals surface area contributed by atoms with Crippen molar-refractivity contribution in [2.45, 2.75) is 4.90 Å². The van der Waals surface area contributed by atoms with Crippen LogP contribution >= 0.6 is 0 Å². The molecule has 0 bridgehead atoms. The summed E-state index contributed by atoms with van der Waals surface area (Å²) in [7, 11) is -4.91. The van der Waals surface area contributed by atoms with Crippen LogP contribution in [0.15, 0.2) is 135 Å². The lowest BCUT2D eigenvalue weighted by Gasteiger charge is -2.08. The van der Waals surface area contributed by atoms with Gasteiger partial charge in [-0.25, -0.2) is 0 Å². The Morgan fingerprint density at radius 2 is 0.942 bits per heavy atom. The van der Waals surface area contributed by atoms with E-state index in [9.17, 15) is 52.4 Å². The quantitative estimate of drug-likeness (QED) is 0.0660. The molecule has 5 N–H and O–H groups in total. The van der Waals surface area contributed by atoms with Crippen molar-refractivity contribution in [3.63, 3.8) is 0 Å². The zero-order valence-corrected chi connectivity index (χ0v) is 26.6. The van der Waals surface area contributed by atoms with Crippen LogP contribution in [0.1, 0.15) is 0 Å². The minimum atomic E-state index is -4.91. The van der Waals surface area contributed by atoms with E-state index in [1.807, 2.05) is 0 Å². The van der Waals surface area contributed by atoms with Crippen molar-refractivity contribution >= 4 is 44.2 Å². The molecule has 0 aliphatic rings. The summed E-state index contributed by atoms with van der Waals surface area (Å²) in [6, 6.07) is 17.4. The van der Waals surface area contributed by atoms with Crippen LogP contribution in [0.4, 0.5) is 34.1 Å². The molecule has 0 amide bonds. The van der Waals surface area contributed by atoms with Gasteiger partial charge in [0.05, 0.1) is 32.6 Å². The molecule has 0 saturated heterocycles. The van der Waals surface area contributed by atoms with E-state index in [1.54, 1.807) is 0 Å². The fraction of sp³-hybridized carbons (Fsp3) is 0. The Morgan fingerprint density at radius 3 is 1.37 bits per heavy atom.